The number of aryl methyl sites for hydroxylation is 1. The quantitative estimate of drug-likeness (QED) is 0.272. The molecule has 0 spiro atoms. The summed E-state index contributed by atoms with van der Waals surface area (Å²) in [5, 5.41) is 3.69. The normalized spacial score (nSPS) is 11.2. The average molecular weight is 408 g/mol. The van der Waals surface area contributed by atoms with Crippen molar-refractivity contribution < 1.29 is 4.79 Å². The van der Waals surface area contributed by atoms with Gasteiger partial charge in [-0.3, -0.25) is 4.79 Å². The number of nitrogens with one attached hydrogen (secondary N) is 1. The molecule has 0 unspecified atom stereocenters. The Balaban J connectivity index is 1.88. The first-order valence-corrected chi connectivity index (χ1v) is 11.9. The number of carbonyl (C=O) groups excluding carboxylic acids is 1. The van der Waals surface area contributed by atoms with Crippen molar-refractivity contribution in [3.63, 3.8) is 0 Å². The van der Waals surface area contributed by atoms with Crippen molar-refractivity contribution in [1.29, 1.82) is 0 Å². The maximum atomic E-state index is 12.0. The molecule has 0 saturated heterocycles. The second-order valence-electron chi connectivity index (χ2n) is 8.68. The minimum atomic E-state index is 0.110. The van der Waals surface area contributed by atoms with Crippen LogP contribution < -0.4 is 5.32 Å². The third-order valence-corrected chi connectivity index (χ3v) is 5.63. The highest BCUT2D eigenvalue weighted by atomic mass is 35.5. The topological polar surface area (TPSA) is 29.1 Å². The van der Waals surface area contributed by atoms with Gasteiger partial charge in [0.15, 0.2) is 0 Å². The van der Waals surface area contributed by atoms with Gasteiger partial charge in [-0.05, 0) is 43.0 Å². The van der Waals surface area contributed by atoms with Crippen LogP contribution in [-0.4, -0.2) is 5.91 Å². The molecule has 28 heavy (non-hydrogen) atoms. The summed E-state index contributed by atoms with van der Waals surface area (Å²) in [5.74, 6) is 0.973. The highest BCUT2D eigenvalue weighted by Gasteiger charge is 2.05. The summed E-state index contributed by atoms with van der Waals surface area (Å²) in [4.78, 5) is 12.0. The van der Waals surface area contributed by atoms with E-state index in [1.807, 2.05) is 25.1 Å². The average Bonchev–Trinajstić information content (AvgIpc) is 2.64. The second kappa shape index (κ2) is 15.9. The van der Waals surface area contributed by atoms with Gasteiger partial charge in [0.05, 0.1) is 0 Å². The molecule has 1 rings (SSSR count). The summed E-state index contributed by atoms with van der Waals surface area (Å²) in [6.45, 7) is 6.60. The summed E-state index contributed by atoms with van der Waals surface area (Å²) >= 11 is 5.95. The molecule has 0 aliphatic rings. The van der Waals surface area contributed by atoms with Crippen molar-refractivity contribution >= 4 is 23.2 Å². The summed E-state index contributed by atoms with van der Waals surface area (Å²) < 4.78 is 0. The van der Waals surface area contributed by atoms with Crippen molar-refractivity contribution in [3.05, 3.63) is 28.8 Å². The fraction of sp³-hybridized carbons (Fsp3) is 0.720. The van der Waals surface area contributed by atoms with Gasteiger partial charge in [-0.25, -0.2) is 0 Å². The Labute approximate surface area is 178 Å². The maximum Gasteiger partial charge on any atom is 0.224 e. The lowest BCUT2D eigenvalue weighted by molar-refractivity contribution is -0.116. The number of hydrogen-bond donors (Lipinski definition) is 1. The SMILES string of the molecule is Cc1cc(Cl)ccc1NC(=O)CCCCCCCCCCCCCCC(C)C. The van der Waals surface area contributed by atoms with Gasteiger partial charge in [-0.15, -0.1) is 0 Å². The first kappa shape index (κ1) is 25.0. The molecule has 0 radical (unpaired) electrons. The number of benzene rings is 1. The third kappa shape index (κ3) is 13.2. The number of hydrogen-bond acceptors (Lipinski definition) is 1. The highest BCUT2D eigenvalue weighted by molar-refractivity contribution is 6.30. The highest BCUT2D eigenvalue weighted by Crippen LogP contribution is 2.20. The Hall–Kier alpha value is -1.02. The standard InChI is InChI=1S/C25H42ClNO/c1-21(2)16-14-12-10-8-6-4-5-7-9-11-13-15-17-25(28)27-24-19-18-23(26)20-22(24)3/h18-21H,4-17H2,1-3H3,(H,27,28). The van der Waals surface area contributed by atoms with E-state index in [2.05, 4.69) is 19.2 Å². The first-order valence-electron chi connectivity index (χ1n) is 11.5. The second-order valence-corrected chi connectivity index (χ2v) is 9.12. The first-order chi connectivity index (χ1) is 13.5. The zero-order valence-electron chi connectivity index (χ0n) is 18.5. The van der Waals surface area contributed by atoms with E-state index in [0.717, 1.165) is 30.0 Å². The van der Waals surface area contributed by atoms with E-state index < -0.39 is 0 Å². The van der Waals surface area contributed by atoms with Crippen LogP contribution in [0.1, 0.15) is 109 Å². The minimum absolute atomic E-state index is 0.110. The molecule has 0 saturated carbocycles. The number of carbonyl (C=O) groups is 1. The Kier molecular flexibility index (Phi) is 14.2. The maximum absolute atomic E-state index is 12.0. The van der Waals surface area contributed by atoms with Crippen LogP contribution in [0, 0.1) is 12.8 Å². The van der Waals surface area contributed by atoms with Gasteiger partial charge in [0.25, 0.3) is 0 Å². The van der Waals surface area contributed by atoms with Crippen molar-refractivity contribution in [3.8, 4) is 0 Å². The van der Waals surface area contributed by atoms with E-state index in [-0.39, 0.29) is 5.91 Å². The van der Waals surface area contributed by atoms with E-state index in [4.69, 9.17) is 11.6 Å². The van der Waals surface area contributed by atoms with Crippen LogP contribution in [0.3, 0.4) is 0 Å². The van der Waals surface area contributed by atoms with Crippen LogP contribution in [0.15, 0.2) is 18.2 Å². The van der Waals surface area contributed by atoms with Gasteiger partial charge in [-0.1, -0.05) is 102 Å². The summed E-state index contributed by atoms with van der Waals surface area (Å²) in [6.07, 6.45) is 17.9. The molecular weight excluding hydrogens is 366 g/mol. The molecule has 1 N–H and O–H groups in total. The van der Waals surface area contributed by atoms with E-state index in [1.165, 1.54) is 70.6 Å². The van der Waals surface area contributed by atoms with Gasteiger partial charge < -0.3 is 5.32 Å². The Bertz CT molecular complexity index is 541. The number of unbranched alkanes of at least 4 members (excludes halogenated alkanes) is 11. The number of amides is 1. The molecule has 0 aromatic heterocycles. The van der Waals surface area contributed by atoms with E-state index in [9.17, 15) is 4.79 Å². The Morgan fingerprint density at radius 2 is 1.36 bits per heavy atom. The molecule has 1 amide bonds. The largest absolute Gasteiger partial charge is 0.326 e. The molecule has 0 fully saturated rings. The minimum Gasteiger partial charge on any atom is -0.326 e. The fourth-order valence-electron chi connectivity index (χ4n) is 3.59. The van der Waals surface area contributed by atoms with Gasteiger partial charge >= 0.3 is 0 Å². The lowest BCUT2D eigenvalue weighted by Gasteiger charge is -2.08. The number of rotatable bonds is 16. The van der Waals surface area contributed by atoms with Crippen LogP contribution in [0.25, 0.3) is 0 Å². The van der Waals surface area contributed by atoms with E-state index in [0.29, 0.717) is 11.4 Å². The van der Waals surface area contributed by atoms with E-state index >= 15 is 0 Å². The zero-order chi connectivity index (χ0) is 20.6. The molecule has 0 aliphatic carbocycles. The zero-order valence-corrected chi connectivity index (χ0v) is 19.3. The fourth-order valence-corrected chi connectivity index (χ4v) is 3.81. The predicted molar refractivity (Wildman–Crippen MR) is 124 cm³/mol. The van der Waals surface area contributed by atoms with Crippen molar-refractivity contribution in [2.45, 2.75) is 111 Å². The molecule has 0 aliphatic heterocycles. The van der Waals surface area contributed by atoms with E-state index in [1.54, 1.807) is 0 Å². The summed E-state index contributed by atoms with van der Waals surface area (Å²) in [5.41, 5.74) is 1.88. The van der Waals surface area contributed by atoms with Crippen LogP contribution >= 0.6 is 11.6 Å². The molecule has 1 aromatic carbocycles. The molecule has 2 nitrogen and oxygen atoms in total. The van der Waals surface area contributed by atoms with Gasteiger partial charge in [0.1, 0.15) is 0 Å². The van der Waals surface area contributed by atoms with Crippen LogP contribution in [0.5, 0.6) is 0 Å². The van der Waals surface area contributed by atoms with Crippen LogP contribution in [0.4, 0.5) is 5.69 Å². The van der Waals surface area contributed by atoms with Crippen LogP contribution in [0.2, 0.25) is 5.02 Å². The molecule has 0 bridgehead atoms. The molecule has 0 heterocycles. The van der Waals surface area contributed by atoms with Crippen molar-refractivity contribution in [2.24, 2.45) is 5.92 Å². The lowest BCUT2D eigenvalue weighted by atomic mass is 10.0. The summed E-state index contributed by atoms with van der Waals surface area (Å²) in [7, 11) is 0. The Morgan fingerprint density at radius 3 is 1.86 bits per heavy atom. The Morgan fingerprint density at radius 1 is 0.857 bits per heavy atom. The van der Waals surface area contributed by atoms with Crippen LogP contribution in [-0.2, 0) is 4.79 Å². The molecule has 3 heteroatoms. The lowest BCUT2D eigenvalue weighted by Crippen LogP contribution is -2.11. The molecular formula is C25H42ClNO. The molecule has 0 atom stereocenters. The smallest absolute Gasteiger partial charge is 0.224 e. The van der Waals surface area contributed by atoms with Gasteiger partial charge in [0, 0.05) is 17.1 Å². The number of halogens is 1. The van der Waals surface area contributed by atoms with Gasteiger partial charge in [0.2, 0.25) is 5.91 Å². The number of anilines is 1. The predicted octanol–water partition coefficient (Wildman–Crippen LogP) is 8.70. The monoisotopic (exact) mass is 407 g/mol. The molecule has 160 valence electrons. The summed E-state index contributed by atoms with van der Waals surface area (Å²) in [6, 6.07) is 5.57. The third-order valence-electron chi connectivity index (χ3n) is 5.40. The van der Waals surface area contributed by atoms with Gasteiger partial charge in [-0.2, -0.15) is 0 Å². The van der Waals surface area contributed by atoms with Crippen molar-refractivity contribution in [2.75, 3.05) is 5.32 Å². The molecule has 1 aromatic rings. The van der Waals surface area contributed by atoms with Crippen molar-refractivity contribution in [1.82, 2.24) is 0 Å².